The Kier molecular flexibility index (Phi) is 4.80. The number of rotatable bonds is 4. The lowest BCUT2D eigenvalue weighted by molar-refractivity contribution is 0.0939. The summed E-state index contributed by atoms with van der Waals surface area (Å²) in [5.41, 5.74) is 1.39. The highest BCUT2D eigenvalue weighted by Crippen LogP contribution is 2.15. The number of hydrogen-bond donors (Lipinski definition) is 2. The molecule has 88 valence electrons. The molecule has 0 aliphatic carbocycles. The van der Waals surface area contributed by atoms with Crippen molar-refractivity contribution in [2.24, 2.45) is 0 Å². The molecule has 0 heterocycles. The molecule has 2 N–H and O–H groups in total. The highest BCUT2D eigenvalue weighted by atomic mass is 79.9. The van der Waals surface area contributed by atoms with E-state index in [0.717, 1.165) is 17.3 Å². The summed E-state index contributed by atoms with van der Waals surface area (Å²) in [4.78, 5) is 11.9. The molecule has 0 bridgehead atoms. The fraction of sp³-hybridized carbons (Fsp3) is 0.417. The third kappa shape index (κ3) is 3.23. The Morgan fingerprint density at radius 1 is 1.56 bits per heavy atom. The average molecular weight is 286 g/mol. The van der Waals surface area contributed by atoms with Crippen LogP contribution >= 0.6 is 15.9 Å². The van der Waals surface area contributed by atoms with E-state index in [2.05, 4.69) is 21.2 Å². The zero-order valence-corrected chi connectivity index (χ0v) is 11.0. The van der Waals surface area contributed by atoms with Gasteiger partial charge < -0.3 is 10.4 Å². The predicted molar refractivity (Wildman–Crippen MR) is 68.2 cm³/mol. The van der Waals surface area contributed by atoms with Crippen molar-refractivity contribution in [3.05, 3.63) is 29.3 Å². The van der Waals surface area contributed by atoms with Crippen molar-refractivity contribution in [2.75, 3.05) is 5.33 Å². The van der Waals surface area contributed by atoms with E-state index in [-0.39, 0.29) is 17.7 Å². The van der Waals surface area contributed by atoms with Crippen molar-refractivity contribution in [1.29, 1.82) is 0 Å². The SMILES string of the molecule is CCC(CBr)NC(=O)c1ccc(O)cc1C. The van der Waals surface area contributed by atoms with Crippen LogP contribution in [0.3, 0.4) is 0 Å². The second-order valence-electron chi connectivity index (χ2n) is 3.73. The smallest absolute Gasteiger partial charge is 0.251 e. The molecule has 0 spiro atoms. The molecule has 0 fully saturated rings. The average Bonchev–Trinajstić information content (AvgIpc) is 2.25. The van der Waals surface area contributed by atoms with Crippen LogP contribution < -0.4 is 5.32 Å². The number of phenols is 1. The van der Waals surface area contributed by atoms with Gasteiger partial charge in [0.05, 0.1) is 0 Å². The molecule has 1 amide bonds. The maximum absolute atomic E-state index is 11.9. The molecule has 0 saturated heterocycles. The van der Waals surface area contributed by atoms with Gasteiger partial charge in [-0.05, 0) is 37.1 Å². The Morgan fingerprint density at radius 2 is 2.25 bits per heavy atom. The number of hydrogen-bond acceptors (Lipinski definition) is 2. The number of carbonyl (C=O) groups is 1. The Balaban J connectivity index is 2.80. The minimum atomic E-state index is -0.0937. The largest absolute Gasteiger partial charge is 0.508 e. The number of aromatic hydroxyl groups is 1. The van der Waals surface area contributed by atoms with Crippen molar-refractivity contribution in [1.82, 2.24) is 5.32 Å². The van der Waals surface area contributed by atoms with Crippen molar-refractivity contribution < 1.29 is 9.90 Å². The van der Waals surface area contributed by atoms with Gasteiger partial charge in [-0.2, -0.15) is 0 Å². The number of phenolic OH excluding ortho intramolecular Hbond substituents is 1. The van der Waals surface area contributed by atoms with Gasteiger partial charge in [-0.15, -0.1) is 0 Å². The maximum Gasteiger partial charge on any atom is 0.251 e. The number of alkyl halides is 1. The molecule has 1 aromatic carbocycles. The van der Waals surface area contributed by atoms with Gasteiger partial charge >= 0.3 is 0 Å². The summed E-state index contributed by atoms with van der Waals surface area (Å²) in [5, 5.41) is 12.9. The van der Waals surface area contributed by atoms with E-state index in [1.807, 2.05) is 13.8 Å². The first-order chi connectivity index (χ1) is 7.58. The zero-order valence-electron chi connectivity index (χ0n) is 9.46. The highest BCUT2D eigenvalue weighted by molar-refractivity contribution is 9.09. The third-order valence-electron chi connectivity index (χ3n) is 2.47. The lowest BCUT2D eigenvalue weighted by Gasteiger charge is -2.15. The summed E-state index contributed by atoms with van der Waals surface area (Å²) in [6, 6.07) is 4.89. The van der Waals surface area contributed by atoms with Gasteiger partial charge in [0.2, 0.25) is 0 Å². The first-order valence-electron chi connectivity index (χ1n) is 5.25. The molecule has 0 saturated carbocycles. The van der Waals surface area contributed by atoms with Crippen LogP contribution in [0.15, 0.2) is 18.2 Å². The first-order valence-corrected chi connectivity index (χ1v) is 6.37. The van der Waals surface area contributed by atoms with Gasteiger partial charge in [-0.1, -0.05) is 22.9 Å². The van der Waals surface area contributed by atoms with E-state index in [0.29, 0.717) is 5.56 Å². The van der Waals surface area contributed by atoms with Crippen molar-refractivity contribution >= 4 is 21.8 Å². The Hall–Kier alpha value is -1.03. The molecule has 4 heteroatoms. The predicted octanol–water partition coefficient (Wildman–Crippen LogP) is 2.60. The van der Waals surface area contributed by atoms with Crippen LogP contribution in [0, 0.1) is 6.92 Å². The maximum atomic E-state index is 11.9. The lowest BCUT2D eigenvalue weighted by atomic mass is 10.1. The molecule has 0 aliphatic heterocycles. The van der Waals surface area contributed by atoms with Crippen LogP contribution in [0.1, 0.15) is 29.3 Å². The minimum Gasteiger partial charge on any atom is -0.508 e. The normalized spacial score (nSPS) is 12.2. The molecule has 0 aromatic heterocycles. The number of aryl methyl sites for hydroxylation is 1. The van der Waals surface area contributed by atoms with Crippen LogP contribution in [-0.4, -0.2) is 22.4 Å². The van der Waals surface area contributed by atoms with Crippen LogP contribution in [0.5, 0.6) is 5.75 Å². The first kappa shape index (κ1) is 13.0. The molecule has 16 heavy (non-hydrogen) atoms. The minimum absolute atomic E-state index is 0.0937. The van der Waals surface area contributed by atoms with Gasteiger partial charge in [0.25, 0.3) is 5.91 Å². The van der Waals surface area contributed by atoms with Gasteiger partial charge in [-0.3, -0.25) is 4.79 Å². The Labute approximate surface area is 104 Å². The molecule has 0 aliphatic rings. The fourth-order valence-electron chi connectivity index (χ4n) is 1.42. The molecular weight excluding hydrogens is 270 g/mol. The molecule has 1 atom stereocenters. The monoisotopic (exact) mass is 285 g/mol. The van der Waals surface area contributed by atoms with Gasteiger partial charge in [0.15, 0.2) is 0 Å². The summed E-state index contributed by atoms with van der Waals surface area (Å²) in [6.45, 7) is 3.83. The van der Waals surface area contributed by atoms with E-state index in [4.69, 9.17) is 0 Å². The van der Waals surface area contributed by atoms with Crippen molar-refractivity contribution in [3.63, 3.8) is 0 Å². The quantitative estimate of drug-likeness (QED) is 0.836. The molecular formula is C12H16BrNO2. The zero-order chi connectivity index (χ0) is 12.1. The Morgan fingerprint density at radius 3 is 2.75 bits per heavy atom. The topological polar surface area (TPSA) is 49.3 Å². The number of nitrogens with one attached hydrogen (secondary N) is 1. The third-order valence-corrected chi connectivity index (χ3v) is 3.25. The van der Waals surface area contributed by atoms with E-state index < -0.39 is 0 Å². The molecule has 0 radical (unpaired) electrons. The number of amides is 1. The standard InChI is InChI=1S/C12H16BrNO2/c1-3-9(7-13)14-12(16)11-5-4-10(15)6-8(11)2/h4-6,9,15H,3,7H2,1-2H3,(H,14,16). The fourth-order valence-corrected chi connectivity index (χ4v) is 2.04. The van der Waals surface area contributed by atoms with E-state index in [1.54, 1.807) is 12.1 Å². The number of halogens is 1. The lowest BCUT2D eigenvalue weighted by Crippen LogP contribution is -2.35. The van der Waals surface area contributed by atoms with Crippen molar-refractivity contribution in [2.45, 2.75) is 26.3 Å². The highest BCUT2D eigenvalue weighted by Gasteiger charge is 2.13. The summed E-state index contributed by atoms with van der Waals surface area (Å²) in [6.07, 6.45) is 0.883. The van der Waals surface area contributed by atoms with Crippen LogP contribution in [0.25, 0.3) is 0 Å². The van der Waals surface area contributed by atoms with Gasteiger partial charge in [-0.25, -0.2) is 0 Å². The molecule has 1 unspecified atom stereocenters. The molecule has 1 rings (SSSR count). The summed E-state index contributed by atoms with van der Waals surface area (Å²) < 4.78 is 0. The van der Waals surface area contributed by atoms with Crippen molar-refractivity contribution in [3.8, 4) is 5.75 Å². The number of benzene rings is 1. The number of carbonyl (C=O) groups excluding carboxylic acids is 1. The summed E-state index contributed by atoms with van der Waals surface area (Å²) in [7, 11) is 0. The van der Waals surface area contributed by atoms with Crippen LogP contribution in [-0.2, 0) is 0 Å². The second kappa shape index (κ2) is 5.89. The van der Waals surface area contributed by atoms with E-state index >= 15 is 0 Å². The van der Waals surface area contributed by atoms with Crippen LogP contribution in [0.2, 0.25) is 0 Å². The summed E-state index contributed by atoms with van der Waals surface area (Å²) >= 11 is 3.35. The van der Waals surface area contributed by atoms with Gasteiger partial charge in [0.1, 0.15) is 5.75 Å². The van der Waals surface area contributed by atoms with E-state index in [9.17, 15) is 9.90 Å². The van der Waals surface area contributed by atoms with E-state index in [1.165, 1.54) is 6.07 Å². The molecule has 3 nitrogen and oxygen atoms in total. The van der Waals surface area contributed by atoms with Gasteiger partial charge in [0, 0.05) is 16.9 Å². The molecule has 1 aromatic rings. The summed E-state index contributed by atoms with van der Waals surface area (Å²) in [5.74, 6) is 0.0883. The second-order valence-corrected chi connectivity index (χ2v) is 4.38. The van der Waals surface area contributed by atoms with Crippen LogP contribution in [0.4, 0.5) is 0 Å². The Bertz CT molecular complexity index is 375.